The van der Waals surface area contributed by atoms with Crippen LogP contribution in [0.25, 0.3) is 0 Å². The van der Waals surface area contributed by atoms with Gasteiger partial charge in [-0.2, -0.15) is 4.98 Å². The van der Waals surface area contributed by atoms with E-state index in [1.807, 2.05) is 14.1 Å². The van der Waals surface area contributed by atoms with Crippen LogP contribution in [0.2, 0.25) is 0 Å². The van der Waals surface area contributed by atoms with Crippen molar-refractivity contribution >= 4 is 21.9 Å². The van der Waals surface area contributed by atoms with Gasteiger partial charge >= 0.3 is 0 Å². The lowest BCUT2D eigenvalue weighted by molar-refractivity contribution is 0.110. The van der Waals surface area contributed by atoms with E-state index in [2.05, 4.69) is 44.6 Å². The summed E-state index contributed by atoms with van der Waals surface area (Å²) in [5, 5.41) is 0. The van der Waals surface area contributed by atoms with Crippen molar-refractivity contribution in [2.75, 3.05) is 26.4 Å². The molecule has 1 aromatic rings. The van der Waals surface area contributed by atoms with Crippen LogP contribution in [-0.4, -0.2) is 41.1 Å². The van der Waals surface area contributed by atoms with Gasteiger partial charge in [0.15, 0.2) is 0 Å². The molecule has 0 aliphatic rings. The average molecular weight is 289 g/mol. The summed E-state index contributed by atoms with van der Waals surface area (Å²) in [6.45, 7) is 4.70. The van der Waals surface area contributed by atoms with Gasteiger partial charge in [0, 0.05) is 5.54 Å². The van der Waals surface area contributed by atoms with E-state index in [1.165, 1.54) is 0 Å². The molecule has 1 aromatic heterocycles. The van der Waals surface area contributed by atoms with Crippen LogP contribution in [-0.2, 0) is 0 Å². The Bertz CT molecular complexity index is 368. The van der Waals surface area contributed by atoms with Crippen LogP contribution in [0.1, 0.15) is 13.8 Å². The van der Waals surface area contributed by atoms with E-state index < -0.39 is 0 Å². The second-order valence-electron chi connectivity index (χ2n) is 4.38. The summed E-state index contributed by atoms with van der Waals surface area (Å²) in [6.07, 6.45) is 1.58. The van der Waals surface area contributed by atoms with E-state index in [-0.39, 0.29) is 11.5 Å². The summed E-state index contributed by atoms with van der Waals surface area (Å²) >= 11 is 3.32. The van der Waals surface area contributed by atoms with E-state index in [4.69, 9.17) is 10.5 Å². The molecule has 5 nitrogen and oxygen atoms in total. The van der Waals surface area contributed by atoms with Crippen LogP contribution in [0.4, 0.5) is 5.95 Å². The standard InChI is InChI=1S/C10H17BrN4O/c1-10(2,15(3)4)6-16-8-7(11)5-13-9(12)14-8/h5H,6H2,1-4H3,(H2,12,13,14). The van der Waals surface area contributed by atoms with Gasteiger partial charge in [-0.05, 0) is 43.9 Å². The zero-order valence-electron chi connectivity index (χ0n) is 9.99. The molecule has 0 atom stereocenters. The van der Waals surface area contributed by atoms with E-state index in [0.717, 1.165) is 0 Å². The summed E-state index contributed by atoms with van der Waals surface area (Å²) in [4.78, 5) is 9.95. The summed E-state index contributed by atoms with van der Waals surface area (Å²) in [7, 11) is 4.01. The highest BCUT2D eigenvalue weighted by molar-refractivity contribution is 9.10. The number of likely N-dealkylation sites (N-methyl/N-ethyl adjacent to an activating group) is 1. The van der Waals surface area contributed by atoms with Gasteiger partial charge in [0.1, 0.15) is 6.61 Å². The third-order valence-corrected chi connectivity index (χ3v) is 3.05. The second kappa shape index (κ2) is 4.97. The van der Waals surface area contributed by atoms with Crippen molar-refractivity contribution in [1.29, 1.82) is 0 Å². The SMILES string of the molecule is CN(C)C(C)(C)COc1nc(N)ncc1Br. The van der Waals surface area contributed by atoms with Crippen LogP contribution < -0.4 is 10.5 Å². The van der Waals surface area contributed by atoms with E-state index in [9.17, 15) is 0 Å². The predicted molar refractivity (Wildman–Crippen MR) is 67.4 cm³/mol. The molecular formula is C10H17BrN4O. The Balaban J connectivity index is 2.71. The molecule has 0 radical (unpaired) electrons. The van der Waals surface area contributed by atoms with Gasteiger partial charge in [-0.1, -0.05) is 0 Å². The van der Waals surface area contributed by atoms with Crippen molar-refractivity contribution in [3.05, 3.63) is 10.7 Å². The lowest BCUT2D eigenvalue weighted by atomic mass is 10.1. The monoisotopic (exact) mass is 288 g/mol. The number of nitrogens with zero attached hydrogens (tertiary/aromatic N) is 3. The van der Waals surface area contributed by atoms with Crippen LogP contribution in [0.5, 0.6) is 5.88 Å². The van der Waals surface area contributed by atoms with Crippen molar-refractivity contribution in [3.63, 3.8) is 0 Å². The molecule has 0 aliphatic carbocycles. The first kappa shape index (κ1) is 13.2. The Morgan fingerprint density at radius 3 is 2.69 bits per heavy atom. The first-order chi connectivity index (χ1) is 7.33. The maximum absolute atomic E-state index is 5.62. The van der Waals surface area contributed by atoms with Gasteiger partial charge in [-0.25, -0.2) is 4.98 Å². The predicted octanol–water partition coefficient (Wildman–Crippen LogP) is 1.54. The quantitative estimate of drug-likeness (QED) is 0.911. The molecule has 0 amide bonds. The van der Waals surface area contributed by atoms with Crippen LogP contribution in [0.3, 0.4) is 0 Å². The number of rotatable bonds is 4. The van der Waals surface area contributed by atoms with Gasteiger partial charge in [-0.3, -0.25) is 0 Å². The number of halogens is 1. The van der Waals surface area contributed by atoms with Gasteiger partial charge in [0.05, 0.1) is 10.7 Å². The Hall–Kier alpha value is -0.880. The zero-order valence-corrected chi connectivity index (χ0v) is 11.6. The fraction of sp³-hybridized carbons (Fsp3) is 0.600. The smallest absolute Gasteiger partial charge is 0.232 e. The number of hydrogen-bond donors (Lipinski definition) is 1. The highest BCUT2D eigenvalue weighted by Gasteiger charge is 2.22. The Kier molecular flexibility index (Phi) is 4.09. The Morgan fingerprint density at radius 2 is 2.12 bits per heavy atom. The Labute approximate surface area is 104 Å². The van der Waals surface area contributed by atoms with Crippen molar-refractivity contribution in [2.24, 2.45) is 0 Å². The van der Waals surface area contributed by atoms with Crippen molar-refractivity contribution < 1.29 is 4.74 Å². The van der Waals surface area contributed by atoms with Crippen LogP contribution >= 0.6 is 15.9 Å². The van der Waals surface area contributed by atoms with Crippen molar-refractivity contribution in [2.45, 2.75) is 19.4 Å². The number of aromatic nitrogens is 2. The minimum absolute atomic E-state index is 0.0703. The lowest BCUT2D eigenvalue weighted by Gasteiger charge is -2.31. The summed E-state index contributed by atoms with van der Waals surface area (Å²) in [5.74, 6) is 0.684. The molecular weight excluding hydrogens is 272 g/mol. The summed E-state index contributed by atoms with van der Waals surface area (Å²) in [5.41, 5.74) is 5.42. The molecule has 6 heteroatoms. The highest BCUT2D eigenvalue weighted by Crippen LogP contribution is 2.23. The average Bonchev–Trinajstić information content (AvgIpc) is 2.19. The maximum Gasteiger partial charge on any atom is 0.232 e. The van der Waals surface area contributed by atoms with Crippen LogP contribution in [0, 0.1) is 0 Å². The molecule has 1 rings (SSSR count). The number of nitrogen functional groups attached to an aromatic ring is 1. The maximum atomic E-state index is 5.62. The van der Waals surface area contributed by atoms with Gasteiger partial charge in [-0.15, -0.1) is 0 Å². The highest BCUT2D eigenvalue weighted by atomic mass is 79.9. The zero-order chi connectivity index (χ0) is 12.3. The third-order valence-electron chi connectivity index (χ3n) is 2.50. The summed E-state index contributed by atoms with van der Waals surface area (Å²) in [6, 6.07) is 0. The largest absolute Gasteiger partial charge is 0.475 e. The van der Waals surface area contributed by atoms with Crippen molar-refractivity contribution in [1.82, 2.24) is 14.9 Å². The lowest BCUT2D eigenvalue weighted by Crippen LogP contribution is -2.43. The minimum Gasteiger partial charge on any atom is -0.475 e. The molecule has 0 saturated heterocycles. The molecule has 0 bridgehead atoms. The van der Waals surface area contributed by atoms with E-state index in [1.54, 1.807) is 6.20 Å². The molecule has 0 saturated carbocycles. The topological polar surface area (TPSA) is 64.3 Å². The summed E-state index contributed by atoms with van der Waals surface area (Å²) < 4.78 is 6.33. The minimum atomic E-state index is -0.0703. The molecule has 0 aromatic carbocycles. The second-order valence-corrected chi connectivity index (χ2v) is 5.23. The van der Waals surface area contributed by atoms with E-state index >= 15 is 0 Å². The number of anilines is 1. The van der Waals surface area contributed by atoms with E-state index in [0.29, 0.717) is 17.0 Å². The molecule has 0 unspecified atom stereocenters. The third kappa shape index (κ3) is 3.31. The molecule has 16 heavy (non-hydrogen) atoms. The first-order valence-corrected chi connectivity index (χ1v) is 5.70. The van der Waals surface area contributed by atoms with Crippen LogP contribution in [0.15, 0.2) is 10.7 Å². The molecule has 0 fully saturated rings. The van der Waals surface area contributed by atoms with Gasteiger partial charge < -0.3 is 15.4 Å². The number of ether oxygens (including phenoxy) is 1. The van der Waals surface area contributed by atoms with Crippen molar-refractivity contribution in [3.8, 4) is 5.88 Å². The first-order valence-electron chi connectivity index (χ1n) is 4.91. The molecule has 90 valence electrons. The fourth-order valence-corrected chi connectivity index (χ4v) is 1.15. The molecule has 2 N–H and O–H groups in total. The van der Waals surface area contributed by atoms with Gasteiger partial charge in [0.25, 0.3) is 0 Å². The normalized spacial score (nSPS) is 11.9. The number of nitrogens with two attached hydrogens (primary N) is 1. The Morgan fingerprint density at radius 1 is 1.50 bits per heavy atom. The fourth-order valence-electron chi connectivity index (χ4n) is 0.840. The molecule has 1 heterocycles. The molecule has 0 spiro atoms. The molecule has 0 aliphatic heterocycles. The van der Waals surface area contributed by atoms with Gasteiger partial charge in [0.2, 0.25) is 11.8 Å². The number of hydrogen-bond acceptors (Lipinski definition) is 5.